The van der Waals surface area contributed by atoms with E-state index in [0.717, 1.165) is 30.0 Å². The number of benzene rings is 1. The summed E-state index contributed by atoms with van der Waals surface area (Å²) in [4.78, 5) is 11.1. The maximum atomic E-state index is 11.4. The second-order valence-electron chi connectivity index (χ2n) is 5.77. The van der Waals surface area contributed by atoms with Gasteiger partial charge in [0.05, 0.1) is 23.8 Å². The highest BCUT2D eigenvalue weighted by Crippen LogP contribution is 2.32. The van der Waals surface area contributed by atoms with Crippen molar-refractivity contribution < 1.29 is 8.42 Å². The van der Waals surface area contributed by atoms with E-state index < -0.39 is 10.0 Å². The Hall–Kier alpha value is -2.19. The summed E-state index contributed by atoms with van der Waals surface area (Å²) in [6.45, 7) is 1.72. The summed E-state index contributed by atoms with van der Waals surface area (Å²) in [7, 11) is -1.61. The summed E-state index contributed by atoms with van der Waals surface area (Å²) in [5.41, 5.74) is 3.17. The van der Waals surface area contributed by atoms with Gasteiger partial charge in [-0.3, -0.25) is 0 Å². The lowest BCUT2D eigenvalue weighted by Gasteiger charge is -2.19. The van der Waals surface area contributed by atoms with Gasteiger partial charge < -0.3 is 10.2 Å². The molecule has 0 unspecified atom stereocenters. The molecule has 1 N–H and O–H groups in total. The van der Waals surface area contributed by atoms with Crippen LogP contribution in [0.15, 0.2) is 36.5 Å². The number of rotatable bonds is 6. The van der Waals surface area contributed by atoms with Crippen molar-refractivity contribution in [3.05, 3.63) is 42.2 Å². The molecule has 7 nitrogen and oxygen atoms in total. The lowest BCUT2D eigenvalue weighted by Crippen LogP contribution is -2.30. The molecule has 0 spiro atoms. The van der Waals surface area contributed by atoms with E-state index in [0.29, 0.717) is 19.0 Å². The highest BCUT2D eigenvalue weighted by molar-refractivity contribution is 7.88. The first-order valence-electron chi connectivity index (χ1n) is 7.79. The van der Waals surface area contributed by atoms with Gasteiger partial charge in [0.25, 0.3) is 0 Å². The van der Waals surface area contributed by atoms with Gasteiger partial charge in [0, 0.05) is 38.8 Å². The topological polar surface area (TPSA) is 78.4 Å². The Kier molecular flexibility index (Phi) is 4.68. The van der Waals surface area contributed by atoms with Gasteiger partial charge in [0.15, 0.2) is 0 Å². The zero-order chi connectivity index (χ0) is 17.2. The molecule has 0 amide bonds. The third kappa shape index (κ3) is 3.65. The van der Waals surface area contributed by atoms with Gasteiger partial charge in [-0.05, 0) is 12.1 Å². The monoisotopic (exact) mass is 347 g/mol. The number of sulfonamides is 1. The molecule has 0 atom stereocenters. The molecule has 0 fully saturated rings. The summed E-state index contributed by atoms with van der Waals surface area (Å²) >= 11 is 0. The van der Waals surface area contributed by atoms with Crippen molar-refractivity contribution in [3.8, 4) is 0 Å². The number of nitrogens with one attached hydrogen (secondary N) is 1. The Morgan fingerprint density at radius 3 is 2.75 bits per heavy atom. The minimum Gasteiger partial charge on any atom is -0.353 e. The van der Waals surface area contributed by atoms with Crippen molar-refractivity contribution >= 4 is 27.3 Å². The van der Waals surface area contributed by atoms with Crippen LogP contribution >= 0.6 is 0 Å². The molecule has 0 bridgehead atoms. The van der Waals surface area contributed by atoms with E-state index in [1.165, 1.54) is 10.6 Å². The molecule has 0 aliphatic carbocycles. The molecule has 1 aromatic carbocycles. The highest BCUT2D eigenvalue weighted by Gasteiger charge is 2.22. The molecule has 3 rings (SSSR count). The maximum Gasteiger partial charge on any atom is 0.223 e. The first-order chi connectivity index (χ1) is 11.4. The number of aromatic nitrogens is 2. The predicted octanol–water partition coefficient (Wildman–Crippen LogP) is 1.47. The van der Waals surface area contributed by atoms with E-state index in [1.807, 2.05) is 24.4 Å². The molecule has 1 aliphatic rings. The van der Waals surface area contributed by atoms with Gasteiger partial charge >= 0.3 is 0 Å². The van der Waals surface area contributed by atoms with Crippen LogP contribution in [-0.2, 0) is 16.4 Å². The van der Waals surface area contributed by atoms with Crippen LogP contribution in [0.2, 0.25) is 0 Å². The normalized spacial score (nSPS) is 14.0. The van der Waals surface area contributed by atoms with Crippen molar-refractivity contribution in [2.75, 3.05) is 43.2 Å². The highest BCUT2D eigenvalue weighted by atomic mass is 32.2. The van der Waals surface area contributed by atoms with Crippen LogP contribution in [0.1, 0.15) is 5.69 Å². The van der Waals surface area contributed by atoms with Gasteiger partial charge in [0.1, 0.15) is 0 Å². The number of hydrogen-bond acceptors (Lipinski definition) is 6. The van der Waals surface area contributed by atoms with Gasteiger partial charge in [-0.15, -0.1) is 0 Å². The van der Waals surface area contributed by atoms with Crippen LogP contribution in [0.25, 0.3) is 0 Å². The SMILES string of the molecule is CN(CCNc1ncc2c(n1)CCN2c1ccccc1)S(C)(=O)=O. The maximum absolute atomic E-state index is 11.4. The van der Waals surface area contributed by atoms with E-state index in [2.05, 4.69) is 32.3 Å². The number of fused-ring (bicyclic) bond motifs is 1. The second-order valence-corrected chi connectivity index (χ2v) is 7.86. The molecule has 128 valence electrons. The van der Waals surface area contributed by atoms with Crippen LogP contribution in [-0.4, -0.2) is 55.6 Å². The number of nitrogens with zero attached hydrogens (tertiary/aromatic N) is 4. The van der Waals surface area contributed by atoms with Crippen LogP contribution in [0.3, 0.4) is 0 Å². The third-order valence-corrected chi connectivity index (χ3v) is 5.37. The number of anilines is 3. The van der Waals surface area contributed by atoms with E-state index in [4.69, 9.17) is 0 Å². The Morgan fingerprint density at radius 2 is 2.04 bits per heavy atom. The number of likely N-dealkylation sites (N-methyl/N-ethyl adjacent to an activating group) is 1. The minimum absolute atomic E-state index is 0.370. The van der Waals surface area contributed by atoms with Crippen LogP contribution in [0, 0.1) is 0 Å². The van der Waals surface area contributed by atoms with Crippen molar-refractivity contribution in [2.45, 2.75) is 6.42 Å². The summed E-state index contributed by atoms with van der Waals surface area (Å²) in [6.07, 6.45) is 3.88. The van der Waals surface area contributed by atoms with Gasteiger partial charge in [-0.25, -0.2) is 22.7 Å². The zero-order valence-electron chi connectivity index (χ0n) is 13.8. The van der Waals surface area contributed by atoms with Crippen molar-refractivity contribution in [1.82, 2.24) is 14.3 Å². The first kappa shape index (κ1) is 16.7. The zero-order valence-corrected chi connectivity index (χ0v) is 14.6. The van der Waals surface area contributed by atoms with Crippen LogP contribution in [0.5, 0.6) is 0 Å². The summed E-state index contributed by atoms with van der Waals surface area (Å²) in [6, 6.07) is 10.2. The Morgan fingerprint density at radius 1 is 1.29 bits per heavy atom. The van der Waals surface area contributed by atoms with Gasteiger partial charge in [-0.1, -0.05) is 18.2 Å². The quantitative estimate of drug-likeness (QED) is 0.853. The molecule has 1 aromatic heterocycles. The predicted molar refractivity (Wildman–Crippen MR) is 95.1 cm³/mol. The molecular weight excluding hydrogens is 326 g/mol. The minimum atomic E-state index is -3.16. The Labute approximate surface area is 142 Å². The van der Waals surface area contributed by atoms with Gasteiger partial charge in [-0.2, -0.15) is 0 Å². The first-order valence-corrected chi connectivity index (χ1v) is 9.63. The molecule has 0 saturated carbocycles. The molecular formula is C16H21N5O2S. The average Bonchev–Trinajstić information content (AvgIpc) is 2.98. The Bertz CT molecular complexity index is 810. The smallest absolute Gasteiger partial charge is 0.223 e. The van der Waals surface area contributed by atoms with Crippen LogP contribution in [0.4, 0.5) is 17.3 Å². The Balaban J connectivity index is 1.66. The molecule has 0 radical (unpaired) electrons. The number of hydrogen-bond donors (Lipinski definition) is 1. The molecule has 2 aromatic rings. The van der Waals surface area contributed by atoms with E-state index in [9.17, 15) is 8.42 Å². The summed E-state index contributed by atoms with van der Waals surface area (Å²) in [5.74, 6) is 0.533. The molecule has 24 heavy (non-hydrogen) atoms. The average molecular weight is 347 g/mol. The third-order valence-electron chi connectivity index (χ3n) is 4.05. The second kappa shape index (κ2) is 6.74. The van der Waals surface area contributed by atoms with E-state index in [1.54, 1.807) is 7.05 Å². The molecule has 1 aliphatic heterocycles. The molecule has 8 heteroatoms. The summed E-state index contributed by atoms with van der Waals surface area (Å²) < 4.78 is 24.0. The fraction of sp³-hybridized carbons (Fsp3) is 0.375. The van der Waals surface area contributed by atoms with E-state index in [-0.39, 0.29) is 0 Å². The lowest BCUT2D eigenvalue weighted by atomic mass is 10.3. The number of para-hydroxylation sites is 1. The lowest BCUT2D eigenvalue weighted by molar-refractivity contribution is 0.486. The molecule has 2 heterocycles. The standard InChI is InChI=1S/C16H21N5O2S/c1-20(24(2,22)23)11-9-17-16-18-12-15-14(19-16)8-10-21(15)13-6-4-3-5-7-13/h3-7,12H,8-11H2,1-2H3,(H,17,18,19). The van der Waals surface area contributed by atoms with E-state index >= 15 is 0 Å². The van der Waals surface area contributed by atoms with Gasteiger partial charge in [0.2, 0.25) is 16.0 Å². The summed E-state index contributed by atoms with van der Waals surface area (Å²) in [5, 5.41) is 3.09. The van der Waals surface area contributed by atoms with Crippen molar-refractivity contribution in [3.63, 3.8) is 0 Å². The van der Waals surface area contributed by atoms with Crippen LogP contribution < -0.4 is 10.2 Å². The fourth-order valence-corrected chi connectivity index (χ4v) is 3.03. The molecule has 0 saturated heterocycles. The fourth-order valence-electron chi connectivity index (χ4n) is 2.61. The largest absolute Gasteiger partial charge is 0.353 e. The van der Waals surface area contributed by atoms with Crippen molar-refractivity contribution in [2.24, 2.45) is 0 Å². The van der Waals surface area contributed by atoms with Crippen molar-refractivity contribution in [1.29, 1.82) is 0 Å².